The second-order valence-electron chi connectivity index (χ2n) is 8.62. The van der Waals surface area contributed by atoms with E-state index in [4.69, 9.17) is 16.3 Å². The average molecular weight is 522 g/mol. The molecule has 2 aromatic carbocycles. The van der Waals surface area contributed by atoms with Crippen molar-refractivity contribution in [2.24, 2.45) is 5.92 Å². The molecule has 35 heavy (non-hydrogen) atoms. The van der Waals surface area contributed by atoms with Crippen LogP contribution in [0.25, 0.3) is 0 Å². The first-order valence-electron chi connectivity index (χ1n) is 11.2. The summed E-state index contributed by atoms with van der Waals surface area (Å²) in [5, 5.41) is 0.371. The minimum atomic E-state index is -3.81. The first-order chi connectivity index (χ1) is 16.6. The topological polar surface area (TPSA) is 81.5 Å². The summed E-state index contributed by atoms with van der Waals surface area (Å²) in [5.74, 6) is -1.29. The number of imidazole rings is 1. The number of rotatable bonds is 11. The van der Waals surface area contributed by atoms with E-state index < -0.39 is 21.6 Å². The number of aromatic nitrogens is 2. The van der Waals surface area contributed by atoms with Crippen LogP contribution in [-0.2, 0) is 33.4 Å². The largest absolute Gasteiger partial charge is 0.383 e. The maximum absolute atomic E-state index is 14.3. The van der Waals surface area contributed by atoms with E-state index in [1.165, 1.54) is 36.4 Å². The maximum atomic E-state index is 14.3. The summed E-state index contributed by atoms with van der Waals surface area (Å²) in [6.45, 7) is 4.78. The van der Waals surface area contributed by atoms with Crippen molar-refractivity contribution < 1.29 is 22.3 Å². The molecule has 0 aliphatic heterocycles. The molecule has 188 valence electrons. The van der Waals surface area contributed by atoms with Gasteiger partial charge in [0.2, 0.25) is 15.0 Å². The maximum Gasteiger partial charge on any atom is 0.257 e. The fraction of sp³-hybridized carbons (Fsp3) is 0.360. The van der Waals surface area contributed by atoms with Gasteiger partial charge in [0.05, 0.1) is 36.4 Å². The zero-order valence-corrected chi connectivity index (χ0v) is 21.5. The minimum Gasteiger partial charge on any atom is -0.383 e. The molecule has 10 heteroatoms. The van der Waals surface area contributed by atoms with Crippen LogP contribution in [0.5, 0.6) is 0 Å². The number of sulfone groups is 1. The predicted octanol–water partition coefficient (Wildman–Crippen LogP) is 4.59. The Bertz CT molecular complexity index is 1280. The van der Waals surface area contributed by atoms with Crippen LogP contribution in [-0.4, -0.2) is 49.0 Å². The lowest BCUT2D eigenvalue weighted by atomic mass is 10.1. The Labute approximate surface area is 210 Å². The van der Waals surface area contributed by atoms with Gasteiger partial charge in [-0.1, -0.05) is 49.7 Å². The Morgan fingerprint density at radius 3 is 2.60 bits per heavy atom. The number of amides is 1. The number of carbonyl (C=O) groups is 1. The molecule has 0 N–H and O–H groups in total. The highest BCUT2D eigenvalue weighted by Gasteiger charge is 2.27. The number of methoxy groups -OCH3 is 1. The molecular formula is C25H29ClFN3O4S. The highest BCUT2D eigenvalue weighted by molar-refractivity contribution is 7.90. The zero-order chi connectivity index (χ0) is 25.6. The van der Waals surface area contributed by atoms with E-state index in [2.05, 4.69) is 4.98 Å². The third-order valence-corrected chi connectivity index (χ3v) is 7.11. The van der Waals surface area contributed by atoms with Gasteiger partial charge in [-0.25, -0.2) is 17.8 Å². The molecule has 0 saturated heterocycles. The number of hydrogen-bond donors (Lipinski definition) is 0. The van der Waals surface area contributed by atoms with Gasteiger partial charge in [-0.05, 0) is 35.7 Å². The van der Waals surface area contributed by atoms with Crippen LogP contribution < -0.4 is 0 Å². The molecule has 0 radical (unpaired) electrons. The molecule has 0 spiro atoms. The molecular weight excluding hydrogens is 493 g/mol. The van der Waals surface area contributed by atoms with Crippen molar-refractivity contribution in [2.45, 2.75) is 37.8 Å². The Balaban J connectivity index is 1.97. The lowest BCUT2D eigenvalue weighted by Gasteiger charge is -2.24. The van der Waals surface area contributed by atoms with Gasteiger partial charge in [0.25, 0.3) is 5.91 Å². The van der Waals surface area contributed by atoms with E-state index in [-0.39, 0.29) is 42.1 Å². The number of hydrogen-bond acceptors (Lipinski definition) is 5. The van der Waals surface area contributed by atoms with E-state index in [0.29, 0.717) is 22.8 Å². The molecule has 0 fully saturated rings. The second-order valence-corrected chi connectivity index (χ2v) is 10.9. The molecule has 0 unspecified atom stereocenters. The molecule has 7 nitrogen and oxygen atoms in total. The quantitative estimate of drug-likeness (QED) is 0.368. The zero-order valence-electron chi connectivity index (χ0n) is 19.9. The Morgan fingerprint density at radius 2 is 1.94 bits per heavy atom. The number of ether oxygens (including phenoxy) is 1. The van der Waals surface area contributed by atoms with Crippen LogP contribution in [0.1, 0.15) is 35.5 Å². The van der Waals surface area contributed by atoms with E-state index in [1.54, 1.807) is 34.9 Å². The van der Waals surface area contributed by atoms with Crippen LogP contribution >= 0.6 is 11.6 Å². The Morgan fingerprint density at radius 1 is 1.20 bits per heavy atom. The summed E-state index contributed by atoms with van der Waals surface area (Å²) in [7, 11) is -2.30. The molecule has 1 heterocycles. The van der Waals surface area contributed by atoms with Crippen molar-refractivity contribution in [2.75, 3.05) is 20.3 Å². The first kappa shape index (κ1) is 26.8. The summed E-state index contributed by atoms with van der Waals surface area (Å²) >= 11 is 6.02. The molecule has 0 aliphatic rings. The molecule has 0 aliphatic carbocycles. The molecule has 3 aromatic rings. The molecule has 0 saturated carbocycles. The van der Waals surface area contributed by atoms with Crippen molar-refractivity contribution in [1.82, 2.24) is 14.5 Å². The van der Waals surface area contributed by atoms with Gasteiger partial charge in [0.1, 0.15) is 5.82 Å². The number of nitrogens with zero attached hydrogens (tertiary/aromatic N) is 3. The van der Waals surface area contributed by atoms with Crippen molar-refractivity contribution in [3.8, 4) is 0 Å². The van der Waals surface area contributed by atoms with Gasteiger partial charge in [0.15, 0.2) is 0 Å². The van der Waals surface area contributed by atoms with Crippen LogP contribution in [0.3, 0.4) is 0 Å². The standard InChI is InChI=1S/C25H29ClFN3O4S/c1-18(2)15-30-21(14-28-25(30)35(32,33)17-19-7-6-8-20(26)13-19)16-29(11-12-34-3)24(31)22-9-4-5-10-23(22)27/h4-10,13-14,18H,11-12,15-17H2,1-3H3. The summed E-state index contributed by atoms with van der Waals surface area (Å²) < 4.78 is 47.7. The van der Waals surface area contributed by atoms with Crippen LogP contribution in [0.4, 0.5) is 4.39 Å². The van der Waals surface area contributed by atoms with Crippen molar-refractivity contribution in [3.05, 3.63) is 82.4 Å². The van der Waals surface area contributed by atoms with E-state index in [1.807, 2.05) is 13.8 Å². The lowest BCUT2D eigenvalue weighted by molar-refractivity contribution is 0.0670. The van der Waals surface area contributed by atoms with Gasteiger partial charge in [-0.3, -0.25) is 4.79 Å². The third kappa shape index (κ3) is 6.90. The highest BCUT2D eigenvalue weighted by atomic mass is 35.5. The number of halogens is 2. The van der Waals surface area contributed by atoms with Gasteiger partial charge in [-0.15, -0.1) is 0 Å². The smallest absolute Gasteiger partial charge is 0.257 e. The Kier molecular flexibility index (Phi) is 9.04. The predicted molar refractivity (Wildman–Crippen MR) is 132 cm³/mol. The molecule has 1 amide bonds. The van der Waals surface area contributed by atoms with Crippen molar-refractivity contribution >= 4 is 27.3 Å². The number of benzene rings is 2. The summed E-state index contributed by atoms with van der Waals surface area (Å²) in [6, 6.07) is 12.4. The molecule has 0 atom stereocenters. The van der Waals surface area contributed by atoms with E-state index in [9.17, 15) is 17.6 Å². The monoisotopic (exact) mass is 521 g/mol. The molecule has 3 rings (SSSR count). The van der Waals surface area contributed by atoms with Gasteiger partial charge < -0.3 is 14.2 Å². The highest BCUT2D eigenvalue weighted by Crippen LogP contribution is 2.22. The Hall–Kier alpha value is -2.75. The van der Waals surface area contributed by atoms with Gasteiger partial charge in [-0.2, -0.15) is 0 Å². The average Bonchev–Trinajstić information content (AvgIpc) is 3.18. The van der Waals surface area contributed by atoms with E-state index >= 15 is 0 Å². The minimum absolute atomic E-state index is 0.0446. The summed E-state index contributed by atoms with van der Waals surface area (Å²) in [6.07, 6.45) is 1.46. The van der Waals surface area contributed by atoms with Crippen LogP contribution in [0, 0.1) is 11.7 Å². The fourth-order valence-corrected chi connectivity index (χ4v) is 5.39. The van der Waals surface area contributed by atoms with Gasteiger partial charge in [0, 0.05) is 25.2 Å². The third-order valence-electron chi connectivity index (χ3n) is 5.28. The molecule has 1 aromatic heterocycles. The van der Waals surface area contributed by atoms with E-state index in [0.717, 1.165) is 0 Å². The molecule has 0 bridgehead atoms. The SMILES string of the molecule is COCCN(Cc1cnc(S(=O)(=O)Cc2cccc(Cl)c2)n1CC(C)C)C(=O)c1ccccc1F. The first-order valence-corrected chi connectivity index (χ1v) is 13.2. The normalized spacial score (nSPS) is 11.7. The second kappa shape index (κ2) is 11.8. The van der Waals surface area contributed by atoms with Crippen molar-refractivity contribution in [1.29, 1.82) is 0 Å². The summed E-state index contributed by atoms with van der Waals surface area (Å²) in [4.78, 5) is 18.8. The van der Waals surface area contributed by atoms with Crippen molar-refractivity contribution in [3.63, 3.8) is 0 Å². The van der Waals surface area contributed by atoms with Crippen LogP contribution in [0.15, 0.2) is 59.9 Å². The van der Waals surface area contributed by atoms with Gasteiger partial charge >= 0.3 is 0 Å². The summed E-state index contributed by atoms with van der Waals surface area (Å²) in [5.41, 5.74) is 1.02. The fourth-order valence-electron chi connectivity index (χ4n) is 3.69. The lowest BCUT2D eigenvalue weighted by Crippen LogP contribution is -2.35. The number of carbonyl (C=O) groups excluding carboxylic acids is 1. The van der Waals surface area contributed by atoms with Crippen LogP contribution in [0.2, 0.25) is 5.02 Å².